The van der Waals surface area contributed by atoms with E-state index < -0.39 is 0 Å². The van der Waals surface area contributed by atoms with Gasteiger partial charge in [0.1, 0.15) is 0 Å². The van der Waals surface area contributed by atoms with Crippen molar-refractivity contribution in [2.24, 2.45) is 0 Å². The maximum absolute atomic E-state index is 13.1. The van der Waals surface area contributed by atoms with E-state index in [1.54, 1.807) is 6.92 Å². The third-order valence-corrected chi connectivity index (χ3v) is 5.62. The standard InChI is InChI=1S/C22H25ClN6O2/c1-14-25-19(31-27-14)10-11-20(30)29-12-4-5-18(29)21-17(13-24-22(26-21)28(2)3)15-6-8-16(23)9-7-15/h6-9,13,18H,4-5,10-12H2,1-3H3/t18-/m1/s1. The molecule has 3 heterocycles. The van der Waals surface area contributed by atoms with Crippen LogP contribution >= 0.6 is 11.6 Å². The summed E-state index contributed by atoms with van der Waals surface area (Å²) in [5.74, 6) is 1.74. The quantitative estimate of drug-likeness (QED) is 0.575. The number of amides is 1. The molecule has 0 unspecified atom stereocenters. The number of carbonyl (C=O) groups excluding carboxylic acids is 1. The van der Waals surface area contributed by atoms with E-state index in [4.69, 9.17) is 21.1 Å². The molecule has 1 aliphatic heterocycles. The highest BCUT2D eigenvalue weighted by molar-refractivity contribution is 6.30. The molecule has 0 bridgehead atoms. The highest BCUT2D eigenvalue weighted by Crippen LogP contribution is 2.37. The number of nitrogens with zero attached hydrogens (tertiary/aromatic N) is 6. The van der Waals surface area contributed by atoms with Crippen LogP contribution in [-0.2, 0) is 11.2 Å². The zero-order chi connectivity index (χ0) is 22.0. The molecule has 1 atom stereocenters. The lowest BCUT2D eigenvalue weighted by Gasteiger charge is -2.27. The Hall–Kier alpha value is -3.00. The van der Waals surface area contributed by atoms with Gasteiger partial charge in [0.15, 0.2) is 5.82 Å². The summed E-state index contributed by atoms with van der Waals surface area (Å²) in [6.45, 7) is 2.47. The molecule has 2 aromatic heterocycles. The van der Waals surface area contributed by atoms with Crippen molar-refractivity contribution in [3.8, 4) is 11.1 Å². The lowest BCUT2D eigenvalue weighted by atomic mass is 9.99. The fourth-order valence-electron chi connectivity index (χ4n) is 3.86. The van der Waals surface area contributed by atoms with Gasteiger partial charge in [-0.1, -0.05) is 28.9 Å². The number of benzene rings is 1. The van der Waals surface area contributed by atoms with Gasteiger partial charge in [-0.2, -0.15) is 4.98 Å². The van der Waals surface area contributed by atoms with E-state index in [0.717, 1.165) is 29.7 Å². The molecule has 3 aromatic rings. The maximum Gasteiger partial charge on any atom is 0.227 e. The van der Waals surface area contributed by atoms with Gasteiger partial charge >= 0.3 is 0 Å². The zero-order valence-corrected chi connectivity index (χ0v) is 18.6. The molecular weight excluding hydrogens is 416 g/mol. The lowest BCUT2D eigenvalue weighted by Crippen LogP contribution is -2.32. The fraction of sp³-hybridized carbons (Fsp3) is 0.409. The monoisotopic (exact) mass is 440 g/mol. The van der Waals surface area contributed by atoms with Crippen molar-refractivity contribution in [2.45, 2.75) is 38.6 Å². The molecule has 0 spiro atoms. The van der Waals surface area contributed by atoms with Gasteiger partial charge in [-0.25, -0.2) is 9.97 Å². The minimum Gasteiger partial charge on any atom is -0.347 e. The molecule has 31 heavy (non-hydrogen) atoms. The molecule has 1 fully saturated rings. The second-order valence-corrected chi connectivity index (χ2v) is 8.29. The Morgan fingerprint density at radius 2 is 2.03 bits per heavy atom. The maximum atomic E-state index is 13.1. The minimum atomic E-state index is -0.107. The average molecular weight is 441 g/mol. The molecule has 0 aliphatic carbocycles. The van der Waals surface area contributed by atoms with E-state index in [-0.39, 0.29) is 11.9 Å². The Morgan fingerprint density at radius 1 is 1.26 bits per heavy atom. The van der Waals surface area contributed by atoms with Gasteiger partial charge in [0.25, 0.3) is 0 Å². The molecule has 0 radical (unpaired) electrons. The van der Waals surface area contributed by atoms with Crippen molar-refractivity contribution in [3.63, 3.8) is 0 Å². The van der Waals surface area contributed by atoms with Crippen LogP contribution in [-0.4, -0.2) is 51.6 Å². The number of likely N-dealkylation sites (tertiary alicyclic amines) is 1. The first kappa shape index (κ1) is 21.2. The summed E-state index contributed by atoms with van der Waals surface area (Å²) in [5, 5.41) is 4.46. The van der Waals surface area contributed by atoms with Crippen LogP contribution in [0.25, 0.3) is 11.1 Å². The van der Waals surface area contributed by atoms with Gasteiger partial charge in [-0.3, -0.25) is 4.79 Å². The summed E-state index contributed by atoms with van der Waals surface area (Å²) in [6.07, 6.45) is 4.37. The van der Waals surface area contributed by atoms with E-state index in [0.29, 0.717) is 42.1 Å². The van der Waals surface area contributed by atoms with Gasteiger partial charge in [0, 0.05) is 50.3 Å². The topological polar surface area (TPSA) is 88.3 Å². The summed E-state index contributed by atoms with van der Waals surface area (Å²) < 4.78 is 5.15. The Kier molecular flexibility index (Phi) is 6.18. The van der Waals surface area contributed by atoms with Gasteiger partial charge in [-0.05, 0) is 37.5 Å². The normalized spacial score (nSPS) is 16.0. The second kappa shape index (κ2) is 9.01. The zero-order valence-electron chi connectivity index (χ0n) is 17.9. The number of hydrogen-bond donors (Lipinski definition) is 0. The van der Waals surface area contributed by atoms with Crippen molar-refractivity contribution in [3.05, 3.63) is 52.9 Å². The molecule has 9 heteroatoms. The predicted octanol–water partition coefficient (Wildman–Crippen LogP) is 3.85. The number of halogens is 1. The Bertz CT molecular complexity index is 1070. The highest BCUT2D eigenvalue weighted by atomic mass is 35.5. The van der Waals surface area contributed by atoms with Crippen molar-refractivity contribution in [1.82, 2.24) is 25.0 Å². The first-order valence-electron chi connectivity index (χ1n) is 10.3. The van der Waals surface area contributed by atoms with Crippen molar-refractivity contribution in [2.75, 3.05) is 25.5 Å². The highest BCUT2D eigenvalue weighted by Gasteiger charge is 2.33. The van der Waals surface area contributed by atoms with Gasteiger partial charge in [0.2, 0.25) is 17.7 Å². The van der Waals surface area contributed by atoms with Crippen LogP contribution in [0.4, 0.5) is 5.95 Å². The van der Waals surface area contributed by atoms with Crippen LogP contribution in [0.15, 0.2) is 35.0 Å². The van der Waals surface area contributed by atoms with Crippen LogP contribution in [0.2, 0.25) is 5.02 Å². The Morgan fingerprint density at radius 3 is 2.71 bits per heavy atom. The van der Waals surface area contributed by atoms with E-state index in [1.807, 2.05) is 54.4 Å². The molecule has 1 aliphatic rings. The SMILES string of the molecule is Cc1noc(CCC(=O)N2CCC[C@@H]2c2nc(N(C)C)ncc2-c2ccc(Cl)cc2)n1. The molecular formula is C22H25ClN6O2. The molecule has 0 N–H and O–H groups in total. The summed E-state index contributed by atoms with van der Waals surface area (Å²) in [6, 6.07) is 7.51. The van der Waals surface area contributed by atoms with Crippen molar-refractivity contribution < 1.29 is 9.32 Å². The third kappa shape index (κ3) is 4.69. The number of rotatable bonds is 6. The molecule has 8 nitrogen and oxygen atoms in total. The summed E-state index contributed by atoms with van der Waals surface area (Å²) >= 11 is 6.08. The average Bonchev–Trinajstić information content (AvgIpc) is 3.41. The number of anilines is 1. The first-order chi connectivity index (χ1) is 14.9. The summed E-state index contributed by atoms with van der Waals surface area (Å²) in [7, 11) is 3.82. The molecule has 162 valence electrons. The van der Waals surface area contributed by atoms with Gasteiger partial charge in [0.05, 0.1) is 11.7 Å². The largest absolute Gasteiger partial charge is 0.347 e. The van der Waals surface area contributed by atoms with Gasteiger partial charge in [-0.15, -0.1) is 0 Å². The smallest absolute Gasteiger partial charge is 0.227 e. The van der Waals surface area contributed by atoms with E-state index >= 15 is 0 Å². The predicted molar refractivity (Wildman–Crippen MR) is 118 cm³/mol. The molecule has 4 rings (SSSR count). The molecule has 1 amide bonds. The van der Waals surface area contributed by atoms with Crippen LogP contribution in [0.3, 0.4) is 0 Å². The minimum absolute atomic E-state index is 0.0606. The number of aryl methyl sites for hydroxylation is 2. The van der Waals surface area contributed by atoms with Gasteiger partial charge < -0.3 is 14.3 Å². The lowest BCUT2D eigenvalue weighted by molar-refractivity contribution is -0.132. The number of carbonyl (C=O) groups is 1. The Labute approximate surface area is 186 Å². The summed E-state index contributed by atoms with van der Waals surface area (Å²) in [5.41, 5.74) is 2.75. The van der Waals surface area contributed by atoms with E-state index in [2.05, 4.69) is 15.1 Å². The number of hydrogen-bond acceptors (Lipinski definition) is 7. The third-order valence-electron chi connectivity index (χ3n) is 5.37. The second-order valence-electron chi connectivity index (χ2n) is 7.85. The van der Waals surface area contributed by atoms with Crippen LogP contribution in [0.5, 0.6) is 0 Å². The fourth-order valence-corrected chi connectivity index (χ4v) is 3.98. The summed E-state index contributed by atoms with van der Waals surface area (Å²) in [4.78, 5) is 30.4. The van der Waals surface area contributed by atoms with E-state index in [1.165, 1.54) is 0 Å². The Balaban J connectivity index is 1.63. The van der Waals surface area contributed by atoms with Crippen LogP contribution < -0.4 is 4.90 Å². The molecule has 1 saturated heterocycles. The van der Waals surface area contributed by atoms with Crippen LogP contribution in [0.1, 0.15) is 42.7 Å². The van der Waals surface area contributed by atoms with Crippen molar-refractivity contribution in [1.29, 1.82) is 0 Å². The van der Waals surface area contributed by atoms with Crippen molar-refractivity contribution >= 4 is 23.5 Å². The number of aromatic nitrogens is 4. The van der Waals surface area contributed by atoms with E-state index in [9.17, 15) is 4.79 Å². The molecule has 0 saturated carbocycles. The van der Waals surface area contributed by atoms with Crippen LogP contribution in [0, 0.1) is 6.92 Å². The first-order valence-corrected chi connectivity index (χ1v) is 10.7. The molecule has 1 aromatic carbocycles.